The maximum Gasteiger partial charge on any atom is 0.245 e. The average molecular weight is 498 g/mol. The van der Waals surface area contributed by atoms with Gasteiger partial charge in [0.2, 0.25) is 17.7 Å². The number of carbonyl (C=O) groups excluding carboxylic acids is 3. The van der Waals surface area contributed by atoms with Gasteiger partial charge < -0.3 is 15.5 Å². The first-order valence-electron chi connectivity index (χ1n) is 13.1. The summed E-state index contributed by atoms with van der Waals surface area (Å²) in [6, 6.07) is 27.0. The summed E-state index contributed by atoms with van der Waals surface area (Å²) in [7, 11) is 0. The lowest BCUT2D eigenvalue weighted by Gasteiger charge is -2.25. The first-order valence-corrected chi connectivity index (χ1v) is 13.1. The van der Waals surface area contributed by atoms with E-state index in [0.29, 0.717) is 13.0 Å². The van der Waals surface area contributed by atoms with Crippen LogP contribution in [0.25, 0.3) is 0 Å². The van der Waals surface area contributed by atoms with Crippen molar-refractivity contribution in [2.45, 2.75) is 51.0 Å². The molecule has 1 heterocycles. The molecule has 1 fully saturated rings. The summed E-state index contributed by atoms with van der Waals surface area (Å²) in [6.07, 6.45) is 3.31. The monoisotopic (exact) mass is 497 g/mol. The smallest absolute Gasteiger partial charge is 0.245 e. The molecule has 3 amide bonds. The number of nitrogens with one attached hydrogen (secondary N) is 2. The molecule has 1 saturated heterocycles. The SMILES string of the molecule is CCc1cccc(NC(=O)CN2CCCCC(NC(=O)CC(c3ccccc3)c3ccccc3)C2=O)c1. The van der Waals surface area contributed by atoms with Gasteiger partial charge in [-0.05, 0) is 54.5 Å². The predicted octanol–water partition coefficient (Wildman–Crippen LogP) is 4.91. The fourth-order valence-electron chi connectivity index (χ4n) is 4.88. The number of rotatable bonds is 9. The molecule has 6 nitrogen and oxygen atoms in total. The number of amides is 3. The van der Waals surface area contributed by atoms with Gasteiger partial charge in [0.25, 0.3) is 0 Å². The Bertz CT molecular complexity index is 1160. The van der Waals surface area contributed by atoms with Crippen molar-refractivity contribution in [2.75, 3.05) is 18.4 Å². The second kappa shape index (κ2) is 12.9. The van der Waals surface area contributed by atoms with Crippen molar-refractivity contribution in [3.63, 3.8) is 0 Å². The van der Waals surface area contributed by atoms with E-state index >= 15 is 0 Å². The lowest BCUT2D eigenvalue weighted by atomic mass is 9.88. The number of anilines is 1. The molecule has 1 atom stereocenters. The van der Waals surface area contributed by atoms with Crippen LogP contribution in [0.2, 0.25) is 0 Å². The summed E-state index contributed by atoms with van der Waals surface area (Å²) in [6.45, 7) is 2.54. The minimum absolute atomic E-state index is 0.0296. The van der Waals surface area contributed by atoms with Crippen molar-refractivity contribution in [1.29, 1.82) is 0 Å². The van der Waals surface area contributed by atoms with Crippen molar-refractivity contribution < 1.29 is 14.4 Å². The molecule has 3 aromatic carbocycles. The van der Waals surface area contributed by atoms with Gasteiger partial charge in [-0.15, -0.1) is 0 Å². The third kappa shape index (κ3) is 7.29. The van der Waals surface area contributed by atoms with Crippen LogP contribution in [0.5, 0.6) is 0 Å². The Morgan fingerprint density at radius 1 is 0.892 bits per heavy atom. The Labute approximate surface area is 219 Å². The minimum atomic E-state index is -0.626. The molecule has 37 heavy (non-hydrogen) atoms. The van der Waals surface area contributed by atoms with Gasteiger partial charge in [0.05, 0.1) is 6.54 Å². The molecule has 2 N–H and O–H groups in total. The summed E-state index contributed by atoms with van der Waals surface area (Å²) in [5.41, 5.74) is 3.98. The van der Waals surface area contributed by atoms with Crippen molar-refractivity contribution in [2.24, 2.45) is 0 Å². The third-order valence-corrected chi connectivity index (χ3v) is 6.86. The number of aryl methyl sites for hydroxylation is 1. The first kappa shape index (κ1) is 26.1. The van der Waals surface area contributed by atoms with Crippen LogP contribution >= 0.6 is 0 Å². The van der Waals surface area contributed by atoms with Gasteiger partial charge in [-0.3, -0.25) is 14.4 Å². The largest absolute Gasteiger partial charge is 0.344 e. The molecule has 0 radical (unpaired) electrons. The normalized spacial score (nSPS) is 15.8. The van der Waals surface area contributed by atoms with Gasteiger partial charge in [0, 0.05) is 24.6 Å². The number of hydrogen-bond acceptors (Lipinski definition) is 3. The van der Waals surface area contributed by atoms with Gasteiger partial charge in [-0.25, -0.2) is 0 Å². The van der Waals surface area contributed by atoms with E-state index in [1.807, 2.05) is 84.9 Å². The fourth-order valence-corrected chi connectivity index (χ4v) is 4.88. The Hall–Kier alpha value is -3.93. The summed E-state index contributed by atoms with van der Waals surface area (Å²) in [5, 5.41) is 5.89. The highest BCUT2D eigenvalue weighted by Gasteiger charge is 2.30. The van der Waals surface area contributed by atoms with Gasteiger partial charge in [-0.1, -0.05) is 79.7 Å². The molecule has 0 aromatic heterocycles. The molecule has 1 aliphatic rings. The van der Waals surface area contributed by atoms with Gasteiger partial charge >= 0.3 is 0 Å². The summed E-state index contributed by atoms with van der Waals surface area (Å²) in [4.78, 5) is 40.8. The van der Waals surface area contributed by atoms with Crippen molar-refractivity contribution >= 4 is 23.4 Å². The molecule has 6 heteroatoms. The first-order chi connectivity index (χ1) is 18.0. The number of nitrogens with zero attached hydrogens (tertiary/aromatic N) is 1. The maximum absolute atomic E-state index is 13.3. The molecule has 4 rings (SSSR count). The van der Waals surface area contributed by atoms with Crippen LogP contribution < -0.4 is 10.6 Å². The Morgan fingerprint density at radius 3 is 2.22 bits per heavy atom. The highest BCUT2D eigenvalue weighted by Crippen LogP contribution is 2.28. The van der Waals surface area contributed by atoms with Crippen LogP contribution in [0.4, 0.5) is 5.69 Å². The summed E-state index contributed by atoms with van der Waals surface area (Å²) in [5.74, 6) is -0.705. The van der Waals surface area contributed by atoms with Crippen LogP contribution in [0.3, 0.4) is 0 Å². The molecule has 0 aliphatic carbocycles. The molecule has 0 bridgehead atoms. The van der Waals surface area contributed by atoms with Crippen LogP contribution in [0.1, 0.15) is 55.2 Å². The summed E-state index contributed by atoms with van der Waals surface area (Å²) >= 11 is 0. The van der Waals surface area contributed by atoms with E-state index in [0.717, 1.165) is 41.6 Å². The number of benzene rings is 3. The van der Waals surface area contributed by atoms with E-state index in [2.05, 4.69) is 17.6 Å². The third-order valence-electron chi connectivity index (χ3n) is 6.86. The molecule has 1 unspecified atom stereocenters. The highest BCUT2D eigenvalue weighted by molar-refractivity contribution is 5.96. The molecule has 1 aliphatic heterocycles. The van der Waals surface area contributed by atoms with Gasteiger partial charge in [-0.2, -0.15) is 0 Å². The molecule has 0 spiro atoms. The minimum Gasteiger partial charge on any atom is -0.344 e. The van der Waals surface area contributed by atoms with Crippen LogP contribution in [0, 0.1) is 0 Å². The molecule has 192 valence electrons. The zero-order valence-electron chi connectivity index (χ0n) is 21.4. The maximum atomic E-state index is 13.3. The number of hydrogen-bond donors (Lipinski definition) is 2. The van der Waals surface area contributed by atoms with Crippen molar-refractivity contribution in [1.82, 2.24) is 10.2 Å². The summed E-state index contributed by atoms with van der Waals surface area (Å²) < 4.78 is 0. The lowest BCUT2D eigenvalue weighted by molar-refractivity contribution is -0.138. The van der Waals surface area contributed by atoms with Crippen LogP contribution in [-0.2, 0) is 20.8 Å². The zero-order valence-corrected chi connectivity index (χ0v) is 21.4. The van der Waals surface area contributed by atoms with E-state index in [4.69, 9.17) is 0 Å². The second-order valence-electron chi connectivity index (χ2n) is 9.56. The van der Waals surface area contributed by atoms with E-state index < -0.39 is 6.04 Å². The zero-order chi connectivity index (χ0) is 26.0. The topological polar surface area (TPSA) is 78.5 Å². The average Bonchev–Trinajstić information content (AvgIpc) is 3.09. The quantitative estimate of drug-likeness (QED) is 0.441. The standard InChI is InChI=1S/C31H35N3O3/c1-2-23-12-11-17-26(20-23)32-30(36)22-34-19-10-9-18-28(31(34)37)33-29(35)21-27(24-13-5-3-6-14-24)25-15-7-4-8-16-25/h3-8,11-17,20,27-28H,2,9-10,18-19,21-22H2,1H3,(H,32,36)(H,33,35). The van der Waals surface area contributed by atoms with Crippen LogP contribution in [0.15, 0.2) is 84.9 Å². The molecule has 0 saturated carbocycles. The van der Waals surface area contributed by atoms with Gasteiger partial charge in [0.1, 0.15) is 6.04 Å². The van der Waals surface area contributed by atoms with E-state index in [-0.39, 0.29) is 36.6 Å². The Morgan fingerprint density at radius 2 is 1.57 bits per heavy atom. The lowest BCUT2D eigenvalue weighted by Crippen LogP contribution is -2.49. The van der Waals surface area contributed by atoms with E-state index in [1.54, 1.807) is 4.90 Å². The fraction of sp³-hybridized carbons (Fsp3) is 0.323. The predicted molar refractivity (Wildman–Crippen MR) is 146 cm³/mol. The van der Waals surface area contributed by atoms with Crippen molar-refractivity contribution in [3.8, 4) is 0 Å². The van der Waals surface area contributed by atoms with E-state index in [1.165, 1.54) is 0 Å². The molecular weight excluding hydrogens is 462 g/mol. The van der Waals surface area contributed by atoms with Gasteiger partial charge in [0.15, 0.2) is 0 Å². The Kier molecular flexibility index (Phi) is 9.08. The second-order valence-corrected chi connectivity index (χ2v) is 9.56. The van der Waals surface area contributed by atoms with Crippen LogP contribution in [-0.4, -0.2) is 41.8 Å². The number of likely N-dealkylation sites (tertiary alicyclic amines) is 1. The highest BCUT2D eigenvalue weighted by atomic mass is 16.2. The van der Waals surface area contributed by atoms with E-state index in [9.17, 15) is 14.4 Å². The Balaban J connectivity index is 1.40. The molecule has 3 aromatic rings. The number of carbonyl (C=O) groups is 3. The molecular formula is C31H35N3O3. The van der Waals surface area contributed by atoms with Crippen molar-refractivity contribution in [3.05, 3.63) is 102 Å².